The van der Waals surface area contributed by atoms with Gasteiger partial charge in [0.15, 0.2) is 0 Å². The second-order valence-electron chi connectivity index (χ2n) is 4.82. The van der Waals surface area contributed by atoms with E-state index in [2.05, 4.69) is 4.98 Å². The summed E-state index contributed by atoms with van der Waals surface area (Å²) in [4.78, 5) is 25.1. The molecule has 0 unspecified atom stereocenters. The maximum absolute atomic E-state index is 11.7. The van der Waals surface area contributed by atoms with Crippen LogP contribution in [0, 0.1) is 0 Å². The Morgan fingerprint density at radius 2 is 1.86 bits per heavy atom. The number of aromatic nitrogens is 1. The Morgan fingerprint density at radius 3 is 2.59 bits per heavy atom. The van der Waals surface area contributed by atoms with Crippen LogP contribution in [0.3, 0.4) is 0 Å². The van der Waals surface area contributed by atoms with Gasteiger partial charge in [0.2, 0.25) is 5.56 Å². The van der Waals surface area contributed by atoms with Crippen molar-refractivity contribution in [3.8, 4) is 5.75 Å². The minimum absolute atomic E-state index is 0.190. The van der Waals surface area contributed by atoms with Gasteiger partial charge in [-0.2, -0.15) is 0 Å². The number of carbonyl (C=O) groups excluding carboxylic acids is 1. The highest BCUT2D eigenvalue weighted by Gasteiger charge is 2.05. The van der Waals surface area contributed by atoms with E-state index in [0.29, 0.717) is 21.9 Å². The lowest BCUT2D eigenvalue weighted by Crippen LogP contribution is -2.08. The quantitative estimate of drug-likeness (QED) is 0.749. The molecule has 0 aliphatic heterocycles. The Labute approximate surface area is 131 Å². The molecule has 22 heavy (non-hydrogen) atoms. The highest BCUT2D eigenvalue weighted by molar-refractivity contribution is 6.31. The fraction of sp³-hybridized carbons (Fsp3) is 0.0588. The first-order valence-electron chi connectivity index (χ1n) is 6.65. The van der Waals surface area contributed by atoms with Crippen LogP contribution in [-0.2, 0) is 6.61 Å². The molecule has 110 valence electrons. The fourth-order valence-corrected chi connectivity index (χ4v) is 2.39. The van der Waals surface area contributed by atoms with E-state index >= 15 is 0 Å². The number of carbonyl (C=O) groups is 1. The molecule has 0 bridgehead atoms. The maximum atomic E-state index is 11.7. The number of fused-ring (bicyclic) bond motifs is 1. The van der Waals surface area contributed by atoms with Crippen LogP contribution in [0.5, 0.6) is 5.75 Å². The number of aromatic amines is 1. The minimum Gasteiger partial charge on any atom is -0.489 e. The highest BCUT2D eigenvalue weighted by Crippen LogP contribution is 2.21. The van der Waals surface area contributed by atoms with E-state index in [4.69, 9.17) is 16.3 Å². The Morgan fingerprint density at radius 1 is 1.09 bits per heavy atom. The molecule has 0 aliphatic carbocycles. The Balaban J connectivity index is 1.90. The first-order valence-corrected chi connectivity index (χ1v) is 7.03. The van der Waals surface area contributed by atoms with Crippen LogP contribution in [-0.4, -0.2) is 11.3 Å². The highest BCUT2D eigenvalue weighted by atomic mass is 35.5. The standard InChI is InChI=1S/C17H12ClNO3/c18-13-3-6-16-15(8-13)12(7-17(21)19-16)10-22-14-4-1-11(9-20)2-5-14/h1-9H,10H2,(H,19,21). The Hall–Kier alpha value is -2.59. The van der Waals surface area contributed by atoms with Gasteiger partial charge in [0.05, 0.1) is 0 Å². The Kier molecular flexibility index (Phi) is 3.94. The molecule has 0 aliphatic rings. The molecule has 5 heteroatoms. The number of pyridine rings is 1. The molecule has 0 fully saturated rings. The lowest BCUT2D eigenvalue weighted by molar-refractivity contribution is 0.112. The smallest absolute Gasteiger partial charge is 0.248 e. The first kappa shape index (κ1) is 14.4. The van der Waals surface area contributed by atoms with E-state index in [9.17, 15) is 9.59 Å². The zero-order chi connectivity index (χ0) is 15.5. The minimum atomic E-state index is -0.190. The SMILES string of the molecule is O=Cc1ccc(OCc2cc(=O)[nH]c3ccc(Cl)cc23)cc1. The van der Waals surface area contributed by atoms with Crippen LogP contribution in [0.25, 0.3) is 10.9 Å². The summed E-state index contributed by atoms with van der Waals surface area (Å²) in [6, 6.07) is 13.6. The van der Waals surface area contributed by atoms with E-state index in [0.717, 1.165) is 17.2 Å². The molecule has 0 radical (unpaired) electrons. The van der Waals surface area contributed by atoms with E-state index in [-0.39, 0.29) is 12.2 Å². The molecular weight excluding hydrogens is 302 g/mol. The van der Waals surface area contributed by atoms with Gasteiger partial charge >= 0.3 is 0 Å². The largest absolute Gasteiger partial charge is 0.489 e. The second-order valence-corrected chi connectivity index (χ2v) is 5.26. The van der Waals surface area contributed by atoms with Crippen molar-refractivity contribution >= 4 is 28.8 Å². The van der Waals surface area contributed by atoms with Gasteiger partial charge < -0.3 is 9.72 Å². The summed E-state index contributed by atoms with van der Waals surface area (Å²) in [5, 5.41) is 1.44. The summed E-state index contributed by atoms with van der Waals surface area (Å²) in [5.74, 6) is 0.626. The molecule has 0 spiro atoms. The predicted molar refractivity (Wildman–Crippen MR) is 85.7 cm³/mol. The van der Waals surface area contributed by atoms with Gasteiger partial charge in [0, 0.05) is 33.1 Å². The number of ether oxygens (including phenoxy) is 1. The van der Waals surface area contributed by atoms with Crippen molar-refractivity contribution in [2.75, 3.05) is 0 Å². The summed E-state index contributed by atoms with van der Waals surface area (Å²) < 4.78 is 5.68. The van der Waals surface area contributed by atoms with E-state index in [1.165, 1.54) is 6.07 Å². The van der Waals surface area contributed by atoms with Gasteiger partial charge in [0.1, 0.15) is 18.6 Å². The number of hydrogen-bond donors (Lipinski definition) is 1. The molecule has 3 aromatic rings. The number of nitrogens with one attached hydrogen (secondary N) is 1. The van der Waals surface area contributed by atoms with Crippen molar-refractivity contribution in [3.05, 3.63) is 75.0 Å². The maximum Gasteiger partial charge on any atom is 0.248 e. The molecule has 4 nitrogen and oxygen atoms in total. The zero-order valence-electron chi connectivity index (χ0n) is 11.5. The normalized spacial score (nSPS) is 10.6. The van der Waals surface area contributed by atoms with Crippen LogP contribution in [0.15, 0.2) is 53.3 Å². The van der Waals surface area contributed by atoms with Crippen molar-refractivity contribution in [1.82, 2.24) is 4.98 Å². The lowest BCUT2D eigenvalue weighted by atomic mass is 10.1. The van der Waals surface area contributed by atoms with Crippen molar-refractivity contribution in [1.29, 1.82) is 0 Å². The van der Waals surface area contributed by atoms with Crippen molar-refractivity contribution in [2.24, 2.45) is 0 Å². The molecule has 0 saturated heterocycles. The topological polar surface area (TPSA) is 59.2 Å². The van der Waals surface area contributed by atoms with E-state index in [1.807, 2.05) is 0 Å². The average Bonchev–Trinajstić information content (AvgIpc) is 2.53. The number of hydrogen-bond acceptors (Lipinski definition) is 3. The monoisotopic (exact) mass is 313 g/mol. The predicted octanol–water partition coefficient (Wildman–Crippen LogP) is 3.57. The van der Waals surface area contributed by atoms with Crippen molar-refractivity contribution < 1.29 is 9.53 Å². The van der Waals surface area contributed by atoms with Crippen LogP contribution < -0.4 is 10.3 Å². The molecule has 1 N–H and O–H groups in total. The van der Waals surface area contributed by atoms with Crippen molar-refractivity contribution in [3.63, 3.8) is 0 Å². The van der Waals surface area contributed by atoms with Crippen LogP contribution in [0.2, 0.25) is 5.02 Å². The number of benzene rings is 2. The Bertz CT molecular complexity index is 885. The molecular formula is C17H12ClNO3. The molecule has 1 heterocycles. The average molecular weight is 314 g/mol. The van der Waals surface area contributed by atoms with Crippen molar-refractivity contribution in [2.45, 2.75) is 6.61 Å². The van der Waals surface area contributed by atoms with E-state index in [1.54, 1.807) is 42.5 Å². The fourth-order valence-electron chi connectivity index (χ4n) is 2.22. The number of H-pyrrole nitrogens is 1. The third-order valence-corrected chi connectivity index (χ3v) is 3.54. The lowest BCUT2D eigenvalue weighted by Gasteiger charge is -2.09. The molecule has 0 amide bonds. The van der Waals surface area contributed by atoms with Gasteiger partial charge in [-0.25, -0.2) is 0 Å². The van der Waals surface area contributed by atoms with Crippen LogP contribution in [0.4, 0.5) is 0 Å². The summed E-state index contributed by atoms with van der Waals surface area (Å²) in [7, 11) is 0. The van der Waals surface area contributed by atoms with Crippen LogP contribution >= 0.6 is 11.6 Å². The molecule has 3 rings (SSSR count). The second kappa shape index (κ2) is 6.03. The summed E-state index contributed by atoms with van der Waals surface area (Å²) in [5.41, 5.74) is 1.86. The zero-order valence-corrected chi connectivity index (χ0v) is 12.3. The number of aldehydes is 1. The number of halogens is 1. The van der Waals surface area contributed by atoms with E-state index < -0.39 is 0 Å². The third-order valence-electron chi connectivity index (χ3n) is 3.30. The van der Waals surface area contributed by atoms with Crippen LogP contribution in [0.1, 0.15) is 15.9 Å². The molecule has 1 aromatic heterocycles. The molecule has 0 saturated carbocycles. The number of rotatable bonds is 4. The third kappa shape index (κ3) is 3.02. The summed E-state index contributed by atoms with van der Waals surface area (Å²) >= 11 is 6.02. The first-order chi connectivity index (χ1) is 10.7. The van der Waals surface area contributed by atoms with Gasteiger partial charge in [-0.05, 0) is 42.5 Å². The summed E-state index contributed by atoms with van der Waals surface area (Å²) in [6.45, 7) is 0.237. The molecule has 0 atom stereocenters. The summed E-state index contributed by atoms with van der Waals surface area (Å²) in [6.07, 6.45) is 0.774. The molecule has 2 aromatic carbocycles. The van der Waals surface area contributed by atoms with Gasteiger partial charge in [0.25, 0.3) is 0 Å². The van der Waals surface area contributed by atoms with Gasteiger partial charge in [-0.1, -0.05) is 11.6 Å². The van der Waals surface area contributed by atoms with Gasteiger partial charge in [-0.3, -0.25) is 9.59 Å². The van der Waals surface area contributed by atoms with Gasteiger partial charge in [-0.15, -0.1) is 0 Å².